The van der Waals surface area contributed by atoms with Crippen LogP contribution in [0.15, 0.2) is 6.07 Å². The normalized spacial score (nSPS) is 21.0. The van der Waals surface area contributed by atoms with Crippen LogP contribution in [0.1, 0.15) is 23.2 Å². The Bertz CT molecular complexity index is 422. The average Bonchev–Trinajstić information content (AvgIpc) is 2.84. The van der Waals surface area contributed by atoms with Crippen LogP contribution in [0.2, 0.25) is 8.67 Å². The lowest BCUT2D eigenvalue weighted by atomic mass is 10.2. The van der Waals surface area contributed by atoms with Crippen LogP contribution >= 0.6 is 34.5 Å². The second-order valence-corrected chi connectivity index (χ2v) is 6.40. The van der Waals surface area contributed by atoms with E-state index in [4.69, 9.17) is 23.2 Å². The molecule has 17 heavy (non-hydrogen) atoms. The summed E-state index contributed by atoms with van der Waals surface area (Å²) in [6.07, 6.45) is 1.97. The van der Waals surface area contributed by atoms with Crippen LogP contribution in [0.25, 0.3) is 0 Å². The topological polar surface area (TPSA) is 40.5 Å². The number of halogens is 2. The zero-order valence-corrected chi connectivity index (χ0v) is 11.5. The minimum absolute atomic E-state index is 0.0292. The Labute approximate surface area is 114 Å². The van der Waals surface area contributed by atoms with Crippen molar-refractivity contribution < 1.29 is 9.90 Å². The Morgan fingerprint density at radius 1 is 1.59 bits per heavy atom. The summed E-state index contributed by atoms with van der Waals surface area (Å²) in [5.41, 5.74) is 0.491. The van der Waals surface area contributed by atoms with Gasteiger partial charge >= 0.3 is 0 Å². The van der Waals surface area contributed by atoms with Crippen molar-refractivity contribution in [2.24, 2.45) is 0 Å². The molecule has 1 unspecified atom stereocenters. The molecule has 0 saturated carbocycles. The number of carbonyl (C=O) groups is 1. The fourth-order valence-corrected chi connectivity index (χ4v) is 3.61. The van der Waals surface area contributed by atoms with Crippen LogP contribution in [-0.2, 0) is 0 Å². The number of carbonyl (C=O) groups excluding carboxylic acids is 1. The maximum atomic E-state index is 12.0. The van der Waals surface area contributed by atoms with Crippen LogP contribution in [0.3, 0.4) is 0 Å². The predicted octanol–water partition coefficient (Wildman–Crippen LogP) is 2.69. The quantitative estimate of drug-likeness (QED) is 0.868. The molecule has 1 atom stereocenters. The van der Waals surface area contributed by atoms with Crippen molar-refractivity contribution in [3.63, 3.8) is 0 Å². The molecule has 2 heterocycles. The molecule has 1 aliphatic rings. The van der Waals surface area contributed by atoms with Crippen LogP contribution in [0.5, 0.6) is 0 Å². The van der Waals surface area contributed by atoms with E-state index in [0.717, 1.165) is 19.4 Å². The summed E-state index contributed by atoms with van der Waals surface area (Å²) >= 11 is 13.0. The number of rotatable bonds is 4. The third-order valence-electron chi connectivity index (χ3n) is 3.01. The molecule has 1 saturated heterocycles. The van der Waals surface area contributed by atoms with E-state index in [2.05, 4.69) is 0 Å². The van der Waals surface area contributed by atoms with Gasteiger partial charge in [0.2, 0.25) is 0 Å². The van der Waals surface area contributed by atoms with Crippen LogP contribution in [0, 0.1) is 0 Å². The zero-order valence-electron chi connectivity index (χ0n) is 9.16. The molecule has 3 nitrogen and oxygen atoms in total. The van der Waals surface area contributed by atoms with Crippen LogP contribution < -0.4 is 0 Å². The molecule has 0 amide bonds. The Morgan fingerprint density at radius 3 is 2.94 bits per heavy atom. The fraction of sp³-hybridized carbons (Fsp3) is 0.545. The van der Waals surface area contributed by atoms with Crippen molar-refractivity contribution >= 4 is 40.3 Å². The molecule has 1 fully saturated rings. The molecule has 0 spiro atoms. The maximum Gasteiger partial charge on any atom is 0.179 e. The smallest absolute Gasteiger partial charge is 0.179 e. The molecule has 0 aromatic carbocycles. The lowest BCUT2D eigenvalue weighted by Gasteiger charge is -2.21. The summed E-state index contributed by atoms with van der Waals surface area (Å²) in [4.78, 5) is 14.0. The molecule has 94 valence electrons. The molecule has 0 aliphatic carbocycles. The first kappa shape index (κ1) is 13.3. The van der Waals surface area contributed by atoms with E-state index >= 15 is 0 Å². The summed E-state index contributed by atoms with van der Waals surface area (Å²) in [7, 11) is 0. The molecular weight excluding hydrogens is 281 g/mol. The molecule has 2 rings (SSSR count). The number of thiophene rings is 1. The number of likely N-dealkylation sites (tertiary alicyclic amines) is 1. The van der Waals surface area contributed by atoms with Gasteiger partial charge in [0, 0.05) is 6.04 Å². The lowest BCUT2D eigenvalue weighted by Crippen LogP contribution is -2.36. The minimum atomic E-state index is -0.0292. The first-order chi connectivity index (χ1) is 8.11. The van der Waals surface area contributed by atoms with E-state index in [9.17, 15) is 9.90 Å². The molecule has 0 bridgehead atoms. The van der Waals surface area contributed by atoms with Crippen molar-refractivity contribution in [2.75, 3.05) is 19.7 Å². The van der Waals surface area contributed by atoms with Gasteiger partial charge in [-0.05, 0) is 25.5 Å². The van der Waals surface area contributed by atoms with E-state index in [0.29, 0.717) is 20.8 Å². The number of aliphatic hydroxyl groups is 1. The van der Waals surface area contributed by atoms with E-state index in [1.165, 1.54) is 11.3 Å². The largest absolute Gasteiger partial charge is 0.395 e. The maximum absolute atomic E-state index is 12.0. The van der Waals surface area contributed by atoms with Gasteiger partial charge in [-0.2, -0.15) is 0 Å². The first-order valence-corrected chi connectivity index (χ1v) is 7.02. The summed E-state index contributed by atoms with van der Waals surface area (Å²) in [5, 5.41) is 9.18. The second kappa shape index (κ2) is 5.67. The van der Waals surface area contributed by atoms with Crippen molar-refractivity contribution in [1.82, 2.24) is 4.90 Å². The van der Waals surface area contributed by atoms with Gasteiger partial charge in [0.05, 0.1) is 23.1 Å². The van der Waals surface area contributed by atoms with Gasteiger partial charge in [-0.25, -0.2) is 0 Å². The molecule has 1 aliphatic heterocycles. The summed E-state index contributed by atoms with van der Waals surface area (Å²) in [6, 6.07) is 1.72. The van der Waals surface area contributed by atoms with Crippen molar-refractivity contribution in [3.8, 4) is 0 Å². The predicted molar refractivity (Wildman–Crippen MR) is 70.4 cm³/mol. The van der Waals surface area contributed by atoms with Crippen LogP contribution in [0.4, 0.5) is 0 Å². The van der Waals surface area contributed by atoms with Gasteiger partial charge in [-0.1, -0.05) is 23.2 Å². The highest BCUT2D eigenvalue weighted by atomic mass is 35.5. The summed E-state index contributed by atoms with van der Waals surface area (Å²) < 4.78 is 0.971. The van der Waals surface area contributed by atoms with Gasteiger partial charge in [-0.15, -0.1) is 11.3 Å². The number of hydrogen-bond acceptors (Lipinski definition) is 4. The van der Waals surface area contributed by atoms with Gasteiger partial charge in [0.15, 0.2) is 5.78 Å². The number of ketones is 1. The number of Topliss-reactive ketones (excluding diaryl/α,β-unsaturated/α-hetero) is 1. The van der Waals surface area contributed by atoms with Crippen molar-refractivity contribution in [1.29, 1.82) is 0 Å². The third kappa shape index (κ3) is 3.01. The van der Waals surface area contributed by atoms with Crippen molar-refractivity contribution in [3.05, 3.63) is 20.3 Å². The third-order valence-corrected chi connectivity index (χ3v) is 4.50. The van der Waals surface area contributed by atoms with Crippen LogP contribution in [-0.4, -0.2) is 41.5 Å². The standard InChI is InChI=1S/C11H13Cl2NO2S/c12-10-4-8(11(13)17-10)9(16)5-14-3-1-2-7(14)6-15/h4,7,15H,1-3,5-6H2. The van der Waals surface area contributed by atoms with E-state index < -0.39 is 0 Å². The highest BCUT2D eigenvalue weighted by Gasteiger charge is 2.26. The monoisotopic (exact) mass is 293 g/mol. The Morgan fingerprint density at radius 2 is 2.35 bits per heavy atom. The van der Waals surface area contributed by atoms with Gasteiger partial charge in [0.1, 0.15) is 4.34 Å². The second-order valence-electron chi connectivity index (χ2n) is 4.11. The number of aliphatic hydroxyl groups excluding tert-OH is 1. The van der Waals surface area contributed by atoms with Gasteiger partial charge in [0.25, 0.3) is 0 Å². The number of hydrogen-bond donors (Lipinski definition) is 1. The molecule has 0 radical (unpaired) electrons. The van der Waals surface area contributed by atoms with E-state index in [1.807, 2.05) is 4.90 Å². The Kier molecular flexibility index (Phi) is 4.44. The van der Waals surface area contributed by atoms with E-state index in [1.54, 1.807) is 6.07 Å². The summed E-state index contributed by atoms with van der Waals surface area (Å²) in [5.74, 6) is -0.0292. The van der Waals surface area contributed by atoms with E-state index in [-0.39, 0.29) is 18.4 Å². The minimum Gasteiger partial charge on any atom is -0.395 e. The molecule has 6 heteroatoms. The SMILES string of the molecule is O=C(CN1CCCC1CO)c1cc(Cl)sc1Cl. The Balaban J connectivity index is 2.04. The lowest BCUT2D eigenvalue weighted by molar-refractivity contribution is 0.0888. The van der Waals surface area contributed by atoms with Crippen molar-refractivity contribution in [2.45, 2.75) is 18.9 Å². The first-order valence-electron chi connectivity index (χ1n) is 5.44. The zero-order chi connectivity index (χ0) is 12.4. The van der Waals surface area contributed by atoms with Gasteiger partial charge < -0.3 is 5.11 Å². The summed E-state index contributed by atoms with van der Waals surface area (Å²) in [6.45, 7) is 1.26. The highest BCUT2D eigenvalue weighted by molar-refractivity contribution is 7.20. The fourth-order valence-electron chi connectivity index (χ4n) is 2.11. The molecule has 1 aromatic heterocycles. The number of nitrogens with zero attached hydrogens (tertiary/aromatic N) is 1. The highest BCUT2D eigenvalue weighted by Crippen LogP contribution is 2.31. The Hall–Kier alpha value is -0.130. The average molecular weight is 294 g/mol. The molecular formula is C11H13Cl2NO2S. The molecule has 1 N–H and O–H groups in total. The van der Waals surface area contributed by atoms with Gasteiger partial charge in [-0.3, -0.25) is 9.69 Å². The molecule has 1 aromatic rings.